The molecule has 15 heavy (non-hydrogen) atoms. The fraction of sp³-hybridized carbons (Fsp3) is 0.571. The molecule has 1 aliphatic rings. The fourth-order valence-electron chi connectivity index (χ4n) is 3.22. The van der Waals surface area contributed by atoms with Crippen LogP contribution in [0.3, 0.4) is 0 Å². The van der Waals surface area contributed by atoms with Crippen LogP contribution in [0.4, 0.5) is 0 Å². The first-order valence-corrected chi connectivity index (χ1v) is 5.84. The van der Waals surface area contributed by atoms with Crippen LogP contribution in [0.5, 0.6) is 0 Å². The van der Waals surface area contributed by atoms with E-state index in [0.29, 0.717) is 11.8 Å². The van der Waals surface area contributed by atoms with Crippen molar-refractivity contribution in [3.05, 3.63) is 35.9 Å². The third-order valence-electron chi connectivity index (χ3n) is 4.33. The lowest BCUT2D eigenvalue weighted by Crippen LogP contribution is -2.56. The zero-order valence-electron chi connectivity index (χ0n) is 9.77. The molecule has 4 unspecified atom stereocenters. The van der Waals surface area contributed by atoms with Gasteiger partial charge in [-0.3, -0.25) is 0 Å². The van der Waals surface area contributed by atoms with Crippen molar-refractivity contribution < 1.29 is 5.11 Å². The predicted octanol–water partition coefficient (Wildman–Crippen LogP) is 3.20. The number of aliphatic hydroxyl groups excluding tert-OH is 1. The Morgan fingerprint density at radius 2 is 1.87 bits per heavy atom. The molecule has 1 saturated carbocycles. The predicted molar refractivity (Wildman–Crippen MR) is 62.8 cm³/mol. The quantitative estimate of drug-likeness (QED) is 0.784. The highest BCUT2D eigenvalue weighted by atomic mass is 16.3. The summed E-state index contributed by atoms with van der Waals surface area (Å²) in [5, 5.41) is 10.1. The Balaban J connectivity index is 2.30. The van der Waals surface area contributed by atoms with Crippen LogP contribution in [0.25, 0.3) is 0 Å². The molecule has 1 aromatic rings. The molecular formula is C14H20O. The topological polar surface area (TPSA) is 20.2 Å². The molecule has 0 radical (unpaired) electrons. The summed E-state index contributed by atoms with van der Waals surface area (Å²) in [5.74, 6) is 0.899. The second-order valence-electron chi connectivity index (χ2n) is 5.05. The lowest BCUT2D eigenvalue weighted by atomic mass is 9.50. The SMILES string of the molecule is CCC1(C)C(O)C(C)C1c1ccccc1. The average Bonchev–Trinajstić information content (AvgIpc) is 2.29. The highest BCUT2D eigenvalue weighted by Crippen LogP contribution is 2.58. The molecule has 1 nitrogen and oxygen atoms in total. The fourth-order valence-corrected chi connectivity index (χ4v) is 3.22. The molecule has 0 spiro atoms. The van der Waals surface area contributed by atoms with Crippen molar-refractivity contribution in [3.8, 4) is 0 Å². The molecule has 2 rings (SSSR count). The van der Waals surface area contributed by atoms with Crippen molar-refractivity contribution in [2.45, 2.75) is 39.2 Å². The average molecular weight is 204 g/mol. The molecule has 0 amide bonds. The summed E-state index contributed by atoms with van der Waals surface area (Å²) in [7, 11) is 0. The van der Waals surface area contributed by atoms with Crippen molar-refractivity contribution in [3.63, 3.8) is 0 Å². The van der Waals surface area contributed by atoms with E-state index in [1.807, 2.05) is 6.07 Å². The van der Waals surface area contributed by atoms with E-state index in [4.69, 9.17) is 0 Å². The number of hydrogen-bond acceptors (Lipinski definition) is 1. The normalized spacial score (nSPS) is 39.9. The third-order valence-corrected chi connectivity index (χ3v) is 4.33. The van der Waals surface area contributed by atoms with E-state index in [0.717, 1.165) is 6.42 Å². The van der Waals surface area contributed by atoms with Crippen LogP contribution in [-0.2, 0) is 0 Å². The number of rotatable bonds is 2. The zero-order valence-corrected chi connectivity index (χ0v) is 9.77. The van der Waals surface area contributed by atoms with Crippen LogP contribution in [0.1, 0.15) is 38.7 Å². The van der Waals surface area contributed by atoms with Crippen LogP contribution in [0.2, 0.25) is 0 Å². The Bertz CT molecular complexity index is 332. The monoisotopic (exact) mass is 204 g/mol. The van der Waals surface area contributed by atoms with Crippen molar-refractivity contribution >= 4 is 0 Å². The van der Waals surface area contributed by atoms with Crippen molar-refractivity contribution in [2.75, 3.05) is 0 Å². The van der Waals surface area contributed by atoms with Crippen LogP contribution in [0, 0.1) is 11.3 Å². The lowest BCUT2D eigenvalue weighted by Gasteiger charge is -2.57. The highest BCUT2D eigenvalue weighted by molar-refractivity contribution is 5.28. The van der Waals surface area contributed by atoms with Crippen LogP contribution < -0.4 is 0 Å². The number of hydrogen-bond donors (Lipinski definition) is 1. The summed E-state index contributed by atoms with van der Waals surface area (Å²) < 4.78 is 0. The van der Waals surface area contributed by atoms with E-state index < -0.39 is 0 Å². The van der Waals surface area contributed by atoms with Gasteiger partial charge in [0.15, 0.2) is 0 Å². The first-order chi connectivity index (χ1) is 7.11. The maximum atomic E-state index is 10.1. The van der Waals surface area contributed by atoms with Gasteiger partial charge in [-0.25, -0.2) is 0 Å². The first kappa shape index (κ1) is 10.7. The van der Waals surface area contributed by atoms with Gasteiger partial charge in [-0.15, -0.1) is 0 Å². The second kappa shape index (κ2) is 3.64. The Hall–Kier alpha value is -0.820. The van der Waals surface area contributed by atoms with Crippen LogP contribution >= 0.6 is 0 Å². The van der Waals surface area contributed by atoms with E-state index in [2.05, 4.69) is 45.0 Å². The molecular weight excluding hydrogens is 184 g/mol. The van der Waals surface area contributed by atoms with E-state index in [1.165, 1.54) is 5.56 Å². The Morgan fingerprint density at radius 1 is 1.27 bits per heavy atom. The molecule has 0 aromatic heterocycles. The molecule has 1 aliphatic carbocycles. The van der Waals surface area contributed by atoms with E-state index in [9.17, 15) is 5.11 Å². The standard InChI is InChI=1S/C14H20O/c1-4-14(3)12(10(2)13(14)15)11-8-6-5-7-9-11/h5-10,12-13,15H,4H2,1-3H3. The van der Waals surface area contributed by atoms with Gasteiger partial charge in [0.1, 0.15) is 0 Å². The minimum absolute atomic E-state index is 0.0702. The minimum atomic E-state index is -0.146. The molecule has 1 N–H and O–H groups in total. The highest BCUT2D eigenvalue weighted by Gasteiger charge is 2.55. The number of aliphatic hydroxyl groups is 1. The van der Waals surface area contributed by atoms with Gasteiger partial charge in [0.05, 0.1) is 6.10 Å². The summed E-state index contributed by atoms with van der Waals surface area (Å²) in [6, 6.07) is 10.6. The van der Waals surface area contributed by atoms with E-state index in [-0.39, 0.29) is 11.5 Å². The maximum absolute atomic E-state index is 10.1. The second-order valence-corrected chi connectivity index (χ2v) is 5.05. The molecule has 1 aromatic carbocycles. The van der Waals surface area contributed by atoms with Gasteiger partial charge >= 0.3 is 0 Å². The summed E-state index contributed by atoms with van der Waals surface area (Å²) in [4.78, 5) is 0. The first-order valence-electron chi connectivity index (χ1n) is 5.84. The molecule has 4 atom stereocenters. The molecule has 1 heteroatoms. The molecule has 0 saturated heterocycles. The van der Waals surface area contributed by atoms with Crippen molar-refractivity contribution in [2.24, 2.45) is 11.3 Å². The number of benzene rings is 1. The van der Waals surface area contributed by atoms with Gasteiger partial charge in [0, 0.05) is 5.41 Å². The van der Waals surface area contributed by atoms with Crippen molar-refractivity contribution in [1.82, 2.24) is 0 Å². The third kappa shape index (κ3) is 1.41. The Morgan fingerprint density at radius 3 is 2.40 bits per heavy atom. The smallest absolute Gasteiger partial charge is 0.0631 e. The van der Waals surface area contributed by atoms with E-state index in [1.54, 1.807) is 0 Å². The lowest BCUT2D eigenvalue weighted by molar-refractivity contribution is -0.129. The van der Waals surface area contributed by atoms with Gasteiger partial charge in [-0.05, 0) is 23.8 Å². The summed E-state index contributed by atoms with van der Waals surface area (Å²) >= 11 is 0. The zero-order chi connectivity index (χ0) is 11.1. The van der Waals surface area contributed by atoms with Crippen LogP contribution in [-0.4, -0.2) is 11.2 Å². The van der Waals surface area contributed by atoms with Gasteiger partial charge in [0.25, 0.3) is 0 Å². The molecule has 0 aliphatic heterocycles. The molecule has 0 heterocycles. The van der Waals surface area contributed by atoms with Gasteiger partial charge in [-0.2, -0.15) is 0 Å². The van der Waals surface area contributed by atoms with Gasteiger partial charge in [-0.1, -0.05) is 51.1 Å². The summed E-state index contributed by atoms with van der Waals surface area (Å²) in [6.07, 6.45) is 0.894. The molecule has 0 bridgehead atoms. The summed E-state index contributed by atoms with van der Waals surface area (Å²) in [6.45, 7) is 6.53. The van der Waals surface area contributed by atoms with Crippen molar-refractivity contribution in [1.29, 1.82) is 0 Å². The summed E-state index contributed by atoms with van der Waals surface area (Å²) in [5.41, 5.74) is 1.44. The largest absolute Gasteiger partial charge is 0.392 e. The Kier molecular flexibility index (Phi) is 2.59. The van der Waals surface area contributed by atoms with Gasteiger partial charge < -0.3 is 5.11 Å². The van der Waals surface area contributed by atoms with Crippen LogP contribution in [0.15, 0.2) is 30.3 Å². The van der Waals surface area contributed by atoms with Gasteiger partial charge in [0.2, 0.25) is 0 Å². The maximum Gasteiger partial charge on any atom is 0.0631 e. The minimum Gasteiger partial charge on any atom is -0.392 e. The molecule has 82 valence electrons. The van der Waals surface area contributed by atoms with E-state index >= 15 is 0 Å². The Labute approximate surface area is 92.1 Å². The molecule has 1 fully saturated rings.